The minimum Gasteiger partial charge on any atom is -0.369 e. The molecule has 0 atom stereocenters. The zero-order valence-electron chi connectivity index (χ0n) is 18.2. The number of hydrogen-bond donors (Lipinski definition) is 1. The largest absolute Gasteiger partial charge is 0.369 e. The molecule has 6 rings (SSSR count). The summed E-state index contributed by atoms with van der Waals surface area (Å²) in [5.74, 6) is -0.296. The lowest BCUT2D eigenvalue weighted by Crippen LogP contribution is -2.29. The number of hydrogen-bond acceptors (Lipinski definition) is 8. The van der Waals surface area contributed by atoms with Crippen LogP contribution in [0.5, 0.6) is 0 Å². The fourth-order valence-electron chi connectivity index (χ4n) is 4.06. The van der Waals surface area contributed by atoms with E-state index in [1.54, 1.807) is 0 Å². The molecule has 0 spiro atoms. The molecule has 0 radical (unpaired) electrons. The van der Waals surface area contributed by atoms with Gasteiger partial charge in [-0.25, -0.2) is 0 Å². The lowest BCUT2D eigenvalue weighted by Gasteiger charge is -2.13. The van der Waals surface area contributed by atoms with E-state index < -0.39 is 11.7 Å². The first-order valence-corrected chi connectivity index (χ1v) is 11.2. The topological polar surface area (TPSA) is 130 Å². The molecule has 2 aromatic rings. The summed E-state index contributed by atoms with van der Waals surface area (Å²) in [6.45, 7) is 2.38. The van der Waals surface area contributed by atoms with Crippen LogP contribution in [0, 0.1) is 11.3 Å². The quantitative estimate of drug-likeness (QED) is 0.735. The van der Waals surface area contributed by atoms with Crippen LogP contribution in [0.3, 0.4) is 0 Å². The van der Waals surface area contributed by atoms with E-state index in [0.717, 1.165) is 42.8 Å². The monoisotopic (exact) mass is 450 g/mol. The van der Waals surface area contributed by atoms with Crippen molar-refractivity contribution < 1.29 is 23.7 Å². The van der Waals surface area contributed by atoms with Gasteiger partial charge in [-0.15, -0.1) is 0 Å². The van der Waals surface area contributed by atoms with Crippen LogP contribution in [0.15, 0.2) is 36.4 Å². The Morgan fingerprint density at radius 2 is 1.33 bits per heavy atom. The molecule has 2 aromatic heterocycles. The molecule has 2 saturated heterocycles. The van der Waals surface area contributed by atoms with E-state index in [0.29, 0.717) is 32.1 Å². The molecule has 0 unspecified atom stereocenters. The Hall–Kier alpha value is -2.90. The third-order valence-electron chi connectivity index (χ3n) is 6.43. The highest BCUT2D eigenvalue weighted by atomic mass is 16.7. The molecule has 2 N–H and O–H groups in total. The Morgan fingerprint density at radius 1 is 0.848 bits per heavy atom. The fourth-order valence-corrected chi connectivity index (χ4v) is 4.06. The van der Waals surface area contributed by atoms with Gasteiger partial charge >= 0.3 is 0 Å². The Kier molecular flexibility index (Phi) is 5.85. The number of primary amides is 1. The lowest BCUT2D eigenvalue weighted by atomic mass is 10.0. The molecule has 172 valence electrons. The maximum absolute atomic E-state index is 11.4. The predicted octanol–water partition coefficient (Wildman–Crippen LogP) is 2.33. The van der Waals surface area contributed by atoms with Crippen molar-refractivity contribution in [3.8, 4) is 6.07 Å². The summed E-state index contributed by atoms with van der Waals surface area (Å²) in [6.07, 6.45) is 2.63. The minimum absolute atomic E-state index is 0.296. The molecule has 9 nitrogen and oxygen atoms in total. The molecule has 4 fully saturated rings. The highest BCUT2D eigenvalue weighted by molar-refractivity contribution is 5.89. The van der Waals surface area contributed by atoms with Gasteiger partial charge in [0.15, 0.2) is 0 Å². The van der Waals surface area contributed by atoms with Crippen LogP contribution >= 0.6 is 0 Å². The average Bonchev–Trinajstić information content (AvgIpc) is 3.70. The first-order chi connectivity index (χ1) is 16.1. The van der Waals surface area contributed by atoms with E-state index in [9.17, 15) is 4.79 Å². The molecular formula is C24H26N4O5. The van der Waals surface area contributed by atoms with Gasteiger partial charge in [0.2, 0.25) is 18.5 Å². The Morgan fingerprint density at radius 3 is 1.76 bits per heavy atom. The van der Waals surface area contributed by atoms with Gasteiger partial charge in [0.1, 0.15) is 0 Å². The number of nitrogens with zero attached hydrogens (tertiary/aromatic N) is 3. The molecule has 1 amide bonds. The van der Waals surface area contributed by atoms with Gasteiger partial charge in [-0.05, 0) is 49.9 Å². The predicted molar refractivity (Wildman–Crippen MR) is 114 cm³/mol. The molecule has 33 heavy (non-hydrogen) atoms. The van der Waals surface area contributed by atoms with Crippen LogP contribution in [-0.2, 0) is 34.6 Å². The van der Waals surface area contributed by atoms with Crippen molar-refractivity contribution in [2.75, 3.05) is 26.4 Å². The first-order valence-electron chi connectivity index (χ1n) is 11.2. The average molecular weight is 450 g/mol. The summed E-state index contributed by atoms with van der Waals surface area (Å²) < 4.78 is 21.6. The summed E-state index contributed by atoms with van der Waals surface area (Å²) in [5, 5.41) is 9.11. The van der Waals surface area contributed by atoms with Crippen molar-refractivity contribution in [1.29, 1.82) is 5.26 Å². The third kappa shape index (κ3) is 4.35. The van der Waals surface area contributed by atoms with E-state index >= 15 is 0 Å². The number of aromatic nitrogens is 2. The van der Waals surface area contributed by atoms with Crippen LogP contribution in [0.1, 0.15) is 61.0 Å². The van der Waals surface area contributed by atoms with Gasteiger partial charge in [0.05, 0.1) is 66.1 Å². The molecule has 2 aliphatic carbocycles. The van der Waals surface area contributed by atoms with Crippen molar-refractivity contribution in [3.63, 3.8) is 0 Å². The molecule has 2 saturated carbocycles. The zero-order chi connectivity index (χ0) is 22.9. The van der Waals surface area contributed by atoms with Crippen molar-refractivity contribution in [2.45, 2.75) is 49.1 Å². The number of carbonyl (C=O) groups is 1. The van der Waals surface area contributed by atoms with Gasteiger partial charge < -0.3 is 24.7 Å². The van der Waals surface area contributed by atoms with Crippen molar-refractivity contribution >= 4 is 5.91 Å². The summed E-state index contributed by atoms with van der Waals surface area (Å²) in [5.41, 5.74) is 7.62. The fraction of sp³-hybridized carbons (Fsp3) is 0.500. The second-order valence-electron chi connectivity index (χ2n) is 8.68. The highest BCUT2D eigenvalue weighted by Gasteiger charge is 2.51. The van der Waals surface area contributed by atoms with Gasteiger partial charge in [0, 0.05) is 0 Å². The van der Waals surface area contributed by atoms with Crippen molar-refractivity contribution in [3.05, 3.63) is 59.2 Å². The first kappa shape index (κ1) is 21.9. The van der Waals surface area contributed by atoms with E-state index in [2.05, 4.69) is 16.0 Å². The maximum atomic E-state index is 11.4. The summed E-state index contributed by atoms with van der Waals surface area (Å²) >= 11 is 0. The Labute approximate surface area is 191 Å². The molecule has 9 heteroatoms. The van der Waals surface area contributed by atoms with Crippen LogP contribution < -0.4 is 5.73 Å². The summed E-state index contributed by atoms with van der Waals surface area (Å²) in [7, 11) is 0. The summed E-state index contributed by atoms with van der Waals surface area (Å²) in [6, 6.07) is 13.6. The molecule has 4 heterocycles. The lowest BCUT2D eigenvalue weighted by molar-refractivity contribution is -0.120. The van der Waals surface area contributed by atoms with E-state index in [4.69, 9.17) is 29.9 Å². The van der Waals surface area contributed by atoms with Gasteiger partial charge in [-0.2, -0.15) is 5.26 Å². The molecule has 0 aromatic carbocycles. The van der Waals surface area contributed by atoms with Crippen molar-refractivity contribution in [2.24, 2.45) is 5.73 Å². The molecule has 2 aliphatic heterocycles. The second-order valence-corrected chi connectivity index (χ2v) is 8.68. The highest BCUT2D eigenvalue weighted by Crippen LogP contribution is 2.48. The molecule has 0 bridgehead atoms. The van der Waals surface area contributed by atoms with Crippen molar-refractivity contribution in [1.82, 2.24) is 9.97 Å². The van der Waals surface area contributed by atoms with Crippen LogP contribution in [0.25, 0.3) is 0 Å². The van der Waals surface area contributed by atoms with Gasteiger partial charge in [-0.3, -0.25) is 14.8 Å². The molecular weight excluding hydrogens is 424 g/mol. The third-order valence-corrected chi connectivity index (χ3v) is 6.43. The van der Waals surface area contributed by atoms with E-state index in [-0.39, 0.29) is 17.6 Å². The Balaban J connectivity index is 0.000000139. The maximum Gasteiger partial charge on any atom is 0.229 e. The second kappa shape index (κ2) is 8.80. The number of rotatable bonds is 5. The minimum atomic E-state index is -0.547. The number of pyridine rings is 2. The number of carbonyl (C=O) groups excluding carboxylic acids is 1. The van der Waals surface area contributed by atoms with Gasteiger partial charge in [0.25, 0.3) is 0 Å². The zero-order valence-corrected chi connectivity index (χ0v) is 18.2. The number of nitrogens with two attached hydrogens (primary N) is 1. The number of ether oxygens (including phenoxy) is 4. The number of nitriles is 1. The SMILES string of the molecule is N#CC1(c2cccc(C3OCCO3)n2)CC1.NC(=O)C1(c2cccc(C3OCCO3)n2)CC1. The summed E-state index contributed by atoms with van der Waals surface area (Å²) in [4.78, 5) is 20.4. The normalized spacial score (nSPS) is 22.8. The van der Waals surface area contributed by atoms with E-state index in [1.807, 2.05) is 36.4 Å². The Bertz CT molecular complexity index is 1060. The van der Waals surface area contributed by atoms with Gasteiger partial charge in [-0.1, -0.05) is 12.1 Å². The standard InChI is InChI=1S/C12H14N2O3.C12H12N2O2/c13-11(15)12(4-5-12)9-3-1-2-8(14-9)10-16-6-7-17-10;13-8-12(4-5-12)10-3-1-2-9(14-10)11-15-6-7-16-11/h1-3,10H,4-7H2,(H2,13,15);1-3,11H,4-7H2. The van der Waals surface area contributed by atoms with E-state index in [1.165, 1.54) is 0 Å². The van der Waals surface area contributed by atoms with Crippen LogP contribution in [-0.4, -0.2) is 42.3 Å². The molecule has 4 aliphatic rings. The number of amides is 1. The smallest absolute Gasteiger partial charge is 0.229 e. The van der Waals surface area contributed by atoms with Crippen LogP contribution in [0.2, 0.25) is 0 Å². The van der Waals surface area contributed by atoms with Crippen LogP contribution in [0.4, 0.5) is 0 Å².